The fourth-order valence-electron chi connectivity index (χ4n) is 1.47. The van der Waals surface area contributed by atoms with Gasteiger partial charge >= 0.3 is 0 Å². The third-order valence-electron chi connectivity index (χ3n) is 2.67. The van der Waals surface area contributed by atoms with Crippen molar-refractivity contribution in [3.05, 3.63) is 28.8 Å². The lowest BCUT2D eigenvalue weighted by atomic mass is 10.1. The number of carbonyl (C=O) groups excluding carboxylic acids is 1. The minimum atomic E-state index is -0.194. The maximum atomic E-state index is 12.1. The zero-order chi connectivity index (χ0) is 13.9. The molecule has 1 rings (SSSR count). The number of amides is 1. The van der Waals surface area contributed by atoms with E-state index in [1.165, 1.54) is 18.2 Å². The number of aromatic hydroxyl groups is 1. The molecule has 0 bridgehead atoms. The average molecular weight is 287 g/mol. The molecule has 1 aromatic carbocycles. The molecule has 18 heavy (non-hydrogen) atoms. The quantitative estimate of drug-likeness (QED) is 0.833. The largest absolute Gasteiger partial charge is 0.506 e. The molecule has 3 N–H and O–H groups in total. The first-order valence-electron chi connectivity index (χ1n) is 5.37. The maximum Gasteiger partial charge on any atom is 0.253 e. The minimum Gasteiger partial charge on any atom is -0.506 e. The Kier molecular flexibility index (Phi) is 4.93. The highest BCUT2D eigenvalue weighted by molar-refractivity contribution is 7.80. The van der Waals surface area contributed by atoms with Gasteiger partial charge in [0.15, 0.2) is 0 Å². The number of phenols is 1. The van der Waals surface area contributed by atoms with Gasteiger partial charge in [0.25, 0.3) is 5.91 Å². The highest BCUT2D eigenvalue weighted by Crippen LogP contribution is 2.24. The average Bonchev–Trinajstić information content (AvgIpc) is 2.30. The van der Waals surface area contributed by atoms with Crippen molar-refractivity contribution in [1.82, 2.24) is 4.90 Å². The van der Waals surface area contributed by atoms with Crippen molar-refractivity contribution in [1.29, 1.82) is 0 Å². The molecule has 0 heterocycles. The second kappa shape index (κ2) is 6.02. The van der Waals surface area contributed by atoms with E-state index in [2.05, 4.69) is 0 Å². The molecular weight excluding hydrogens is 272 g/mol. The third-order valence-corrected chi connectivity index (χ3v) is 3.14. The fourth-order valence-corrected chi connectivity index (χ4v) is 1.89. The van der Waals surface area contributed by atoms with Crippen LogP contribution in [-0.2, 0) is 0 Å². The Morgan fingerprint density at radius 2 is 2.22 bits per heavy atom. The number of thiocarbonyl (C=S) groups is 1. The molecular formula is C12H15ClN2O2S. The molecule has 1 aromatic rings. The van der Waals surface area contributed by atoms with Crippen molar-refractivity contribution < 1.29 is 9.90 Å². The molecule has 6 heteroatoms. The Hall–Kier alpha value is -1.33. The summed E-state index contributed by atoms with van der Waals surface area (Å²) in [7, 11) is 1.67. The van der Waals surface area contributed by atoms with Crippen LogP contribution in [-0.4, -0.2) is 34.0 Å². The molecule has 0 saturated carbocycles. The van der Waals surface area contributed by atoms with Crippen molar-refractivity contribution in [2.45, 2.75) is 19.4 Å². The number of nitrogens with zero attached hydrogens (tertiary/aromatic N) is 1. The minimum absolute atomic E-state index is 0.0490. The molecule has 0 spiro atoms. The Morgan fingerprint density at radius 3 is 2.72 bits per heavy atom. The normalized spacial score (nSPS) is 11.9. The monoisotopic (exact) mass is 286 g/mol. The lowest BCUT2D eigenvalue weighted by Gasteiger charge is -2.24. The molecule has 0 saturated heterocycles. The summed E-state index contributed by atoms with van der Waals surface area (Å²) in [6.45, 7) is 1.86. The molecule has 0 aliphatic carbocycles. The summed E-state index contributed by atoms with van der Waals surface area (Å²) >= 11 is 10.6. The van der Waals surface area contributed by atoms with E-state index in [4.69, 9.17) is 29.6 Å². The van der Waals surface area contributed by atoms with Crippen molar-refractivity contribution in [2.24, 2.45) is 5.73 Å². The van der Waals surface area contributed by atoms with Gasteiger partial charge in [-0.2, -0.15) is 0 Å². The second-order valence-corrected chi connectivity index (χ2v) is 5.03. The van der Waals surface area contributed by atoms with Gasteiger partial charge in [0, 0.05) is 25.1 Å². The van der Waals surface area contributed by atoms with Crippen LogP contribution in [0.4, 0.5) is 0 Å². The zero-order valence-corrected chi connectivity index (χ0v) is 11.8. The summed E-state index contributed by atoms with van der Waals surface area (Å²) < 4.78 is 0. The van der Waals surface area contributed by atoms with Gasteiger partial charge in [-0.25, -0.2) is 0 Å². The molecule has 0 aliphatic rings. The summed E-state index contributed by atoms with van der Waals surface area (Å²) in [6.07, 6.45) is 0.462. The third kappa shape index (κ3) is 3.58. The van der Waals surface area contributed by atoms with Gasteiger partial charge in [-0.15, -0.1) is 0 Å². The molecule has 1 unspecified atom stereocenters. The van der Waals surface area contributed by atoms with Crippen LogP contribution in [0.3, 0.4) is 0 Å². The van der Waals surface area contributed by atoms with Crippen LogP contribution >= 0.6 is 23.8 Å². The number of carbonyl (C=O) groups is 1. The van der Waals surface area contributed by atoms with E-state index in [1.54, 1.807) is 11.9 Å². The first-order chi connectivity index (χ1) is 8.32. The van der Waals surface area contributed by atoms with E-state index in [0.717, 1.165) is 0 Å². The Morgan fingerprint density at radius 1 is 1.61 bits per heavy atom. The lowest BCUT2D eigenvalue weighted by Crippen LogP contribution is -2.37. The summed E-state index contributed by atoms with van der Waals surface area (Å²) in [5, 5.41) is 9.45. The van der Waals surface area contributed by atoms with E-state index in [0.29, 0.717) is 17.0 Å². The van der Waals surface area contributed by atoms with Gasteiger partial charge < -0.3 is 15.7 Å². The van der Waals surface area contributed by atoms with Gasteiger partial charge in [0.2, 0.25) is 0 Å². The van der Waals surface area contributed by atoms with Gasteiger partial charge in [-0.3, -0.25) is 4.79 Å². The second-order valence-electron chi connectivity index (χ2n) is 4.10. The highest BCUT2D eigenvalue weighted by atomic mass is 35.5. The van der Waals surface area contributed by atoms with Gasteiger partial charge in [-0.1, -0.05) is 23.8 Å². The number of phenolic OH excluding ortho intramolecular Hbond substituents is 1. The van der Waals surface area contributed by atoms with Crippen LogP contribution in [0.1, 0.15) is 23.7 Å². The van der Waals surface area contributed by atoms with Crippen molar-refractivity contribution in [2.75, 3.05) is 7.05 Å². The van der Waals surface area contributed by atoms with Crippen LogP contribution in [0, 0.1) is 0 Å². The van der Waals surface area contributed by atoms with E-state index in [-0.39, 0.29) is 22.7 Å². The van der Waals surface area contributed by atoms with Crippen molar-refractivity contribution in [3.8, 4) is 5.75 Å². The SMILES string of the molecule is CC(CC(N)=S)N(C)C(=O)c1ccc(O)c(Cl)c1. The molecule has 98 valence electrons. The van der Waals surface area contributed by atoms with Gasteiger partial charge in [0.05, 0.1) is 10.0 Å². The first-order valence-corrected chi connectivity index (χ1v) is 6.15. The zero-order valence-electron chi connectivity index (χ0n) is 10.2. The van der Waals surface area contributed by atoms with Crippen LogP contribution in [0.15, 0.2) is 18.2 Å². The summed E-state index contributed by atoms with van der Waals surface area (Å²) in [4.78, 5) is 14.0. The van der Waals surface area contributed by atoms with Crippen LogP contribution < -0.4 is 5.73 Å². The van der Waals surface area contributed by atoms with Crippen LogP contribution in [0.5, 0.6) is 5.75 Å². The summed E-state index contributed by atoms with van der Waals surface area (Å²) in [5.41, 5.74) is 5.87. The molecule has 0 fully saturated rings. The van der Waals surface area contributed by atoms with Crippen molar-refractivity contribution >= 4 is 34.7 Å². The summed E-state index contributed by atoms with van der Waals surface area (Å²) in [5.74, 6) is -0.243. The molecule has 1 atom stereocenters. The molecule has 0 aliphatic heterocycles. The van der Waals surface area contributed by atoms with Crippen LogP contribution in [0.25, 0.3) is 0 Å². The highest BCUT2D eigenvalue weighted by Gasteiger charge is 2.18. The number of benzene rings is 1. The first kappa shape index (κ1) is 14.7. The predicted molar refractivity (Wildman–Crippen MR) is 76.1 cm³/mol. The van der Waals surface area contributed by atoms with E-state index in [1.807, 2.05) is 6.92 Å². The number of halogens is 1. The summed E-state index contributed by atoms with van der Waals surface area (Å²) in [6, 6.07) is 4.25. The van der Waals surface area contributed by atoms with E-state index in [9.17, 15) is 9.90 Å². The van der Waals surface area contributed by atoms with E-state index < -0.39 is 0 Å². The molecule has 0 radical (unpaired) electrons. The lowest BCUT2D eigenvalue weighted by molar-refractivity contribution is 0.0748. The number of rotatable bonds is 4. The standard InChI is InChI=1S/C12H15ClN2O2S/c1-7(5-11(14)18)15(2)12(17)8-3-4-10(16)9(13)6-8/h3-4,6-7,16H,5H2,1-2H3,(H2,14,18). The molecule has 4 nitrogen and oxygen atoms in total. The Labute approximate surface area is 116 Å². The van der Waals surface area contributed by atoms with Crippen molar-refractivity contribution in [3.63, 3.8) is 0 Å². The van der Waals surface area contributed by atoms with Gasteiger partial charge in [-0.05, 0) is 25.1 Å². The molecule has 1 amide bonds. The fraction of sp³-hybridized carbons (Fsp3) is 0.333. The van der Waals surface area contributed by atoms with Crippen LogP contribution in [0.2, 0.25) is 5.02 Å². The Balaban J connectivity index is 2.86. The Bertz CT molecular complexity index is 479. The molecule has 0 aromatic heterocycles. The predicted octanol–water partition coefficient (Wildman–Crippen LogP) is 2.18. The topological polar surface area (TPSA) is 66.6 Å². The van der Waals surface area contributed by atoms with Gasteiger partial charge in [0.1, 0.15) is 5.75 Å². The smallest absolute Gasteiger partial charge is 0.253 e. The maximum absolute atomic E-state index is 12.1. The number of hydrogen-bond acceptors (Lipinski definition) is 3. The van der Waals surface area contributed by atoms with E-state index >= 15 is 0 Å². The number of nitrogens with two attached hydrogens (primary N) is 1. The number of hydrogen-bond donors (Lipinski definition) is 2.